The second-order valence-electron chi connectivity index (χ2n) is 4.56. The minimum Gasteiger partial charge on any atom is -0.489 e. The summed E-state index contributed by atoms with van der Waals surface area (Å²) in [7, 11) is 0. The minimum atomic E-state index is -0.117. The van der Waals surface area contributed by atoms with Crippen LogP contribution in [0.2, 0.25) is 5.02 Å². The Morgan fingerprint density at radius 1 is 1.24 bits per heavy atom. The van der Waals surface area contributed by atoms with Gasteiger partial charge in [0.2, 0.25) is 0 Å². The quantitative estimate of drug-likeness (QED) is 0.711. The molecule has 0 N–H and O–H groups in total. The van der Waals surface area contributed by atoms with Gasteiger partial charge in [-0.3, -0.25) is 0 Å². The Balaban J connectivity index is 2.07. The summed E-state index contributed by atoms with van der Waals surface area (Å²) in [6.07, 6.45) is 8.52. The molecule has 0 amide bonds. The second kappa shape index (κ2) is 3.85. The molecule has 1 aromatic carbocycles. The van der Waals surface area contributed by atoms with Crippen LogP contribution in [0.15, 0.2) is 12.1 Å². The zero-order valence-electron chi connectivity index (χ0n) is 9.46. The van der Waals surface area contributed by atoms with Crippen molar-refractivity contribution in [3.63, 3.8) is 0 Å². The topological polar surface area (TPSA) is 18.5 Å². The van der Waals surface area contributed by atoms with Crippen molar-refractivity contribution >= 4 is 11.6 Å². The van der Waals surface area contributed by atoms with E-state index in [9.17, 15) is 0 Å². The van der Waals surface area contributed by atoms with Gasteiger partial charge in [-0.05, 0) is 30.5 Å². The third-order valence-electron chi connectivity index (χ3n) is 3.38. The summed E-state index contributed by atoms with van der Waals surface area (Å²) in [6.45, 7) is 1.31. The molecule has 1 heterocycles. The molecule has 0 saturated heterocycles. The molecule has 0 spiro atoms. The van der Waals surface area contributed by atoms with E-state index in [1.54, 1.807) is 0 Å². The number of halogens is 1. The van der Waals surface area contributed by atoms with Crippen LogP contribution >= 0.6 is 11.6 Å². The smallest absolute Gasteiger partial charge is 0.179 e. The maximum atomic E-state index is 6.24. The Kier molecular flexibility index (Phi) is 2.45. The van der Waals surface area contributed by atoms with Crippen molar-refractivity contribution in [2.24, 2.45) is 0 Å². The molecule has 0 aromatic heterocycles. The molecule has 1 saturated carbocycles. The van der Waals surface area contributed by atoms with Crippen molar-refractivity contribution in [3.8, 4) is 23.8 Å². The normalized spacial score (nSPS) is 20.2. The molecule has 88 valence electrons. The van der Waals surface area contributed by atoms with Gasteiger partial charge in [0.15, 0.2) is 11.5 Å². The standard InChI is InChI=1S/C14H13ClO2/c1-2-14(4-5-14)10-8-11(15)13-12(9-10)16-6-3-7-17-13/h1,8-9H,3-7H2. The average Bonchev–Trinajstić information content (AvgIpc) is 3.13. The van der Waals surface area contributed by atoms with Crippen LogP contribution in [0.1, 0.15) is 24.8 Å². The van der Waals surface area contributed by atoms with Crippen LogP contribution in [0, 0.1) is 12.3 Å². The first-order chi connectivity index (χ1) is 8.25. The summed E-state index contributed by atoms with van der Waals surface area (Å²) in [5, 5.41) is 0.598. The van der Waals surface area contributed by atoms with Crippen molar-refractivity contribution in [2.45, 2.75) is 24.7 Å². The molecular formula is C14H13ClO2. The number of ether oxygens (including phenoxy) is 2. The summed E-state index contributed by atoms with van der Waals surface area (Å²) in [5.41, 5.74) is 0.961. The molecule has 1 aliphatic carbocycles. The number of benzene rings is 1. The Hall–Kier alpha value is -1.33. The summed E-state index contributed by atoms with van der Waals surface area (Å²) in [4.78, 5) is 0. The summed E-state index contributed by atoms with van der Waals surface area (Å²) in [5.74, 6) is 4.25. The summed E-state index contributed by atoms with van der Waals surface area (Å²) in [6, 6.07) is 3.90. The molecule has 2 nitrogen and oxygen atoms in total. The summed E-state index contributed by atoms with van der Waals surface area (Å²) < 4.78 is 11.3. The van der Waals surface area contributed by atoms with E-state index in [1.807, 2.05) is 12.1 Å². The first-order valence-corrected chi connectivity index (χ1v) is 6.20. The molecule has 17 heavy (non-hydrogen) atoms. The lowest BCUT2D eigenvalue weighted by Gasteiger charge is -2.14. The first kappa shape index (κ1) is 10.8. The highest BCUT2D eigenvalue weighted by Crippen LogP contribution is 2.51. The van der Waals surface area contributed by atoms with E-state index in [0.717, 1.165) is 30.6 Å². The maximum Gasteiger partial charge on any atom is 0.179 e. The van der Waals surface area contributed by atoms with Crippen LogP contribution in [-0.4, -0.2) is 13.2 Å². The molecule has 1 aromatic rings. The fraction of sp³-hybridized carbons (Fsp3) is 0.429. The molecule has 3 rings (SSSR count). The molecule has 0 radical (unpaired) electrons. The molecule has 0 atom stereocenters. The lowest BCUT2D eigenvalue weighted by atomic mass is 9.96. The zero-order valence-corrected chi connectivity index (χ0v) is 10.2. The van der Waals surface area contributed by atoms with E-state index in [4.69, 9.17) is 27.5 Å². The van der Waals surface area contributed by atoms with Crippen LogP contribution < -0.4 is 9.47 Å². The van der Waals surface area contributed by atoms with Gasteiger partial charge in [0.25, 0.3) is 0 Å². The van der Waals surface area contributed by atoms with Crippen LogP contribution in [0.4, 0.5) is 0 Å². The maximum absolute atomic E-state index is 6.24. The van der Waals surface area contributed by atoms with E-state index in [-0.39, 0.29) is 5.41 Å². The van der Waals surface area contributed by atoms with Crippen LogP contribution in [0.25, 0.3) is 0 Å². The predicted molar refractivity (Wildman–Crippen MR) is 66.8 cm³/mol. The Morgan fingerprint density at radius 2 is 2.00 bits per heavy atom. The number of terminal acetylenes is 1. The van der Waals surface area contributed by atoms with Crippen molar-refractivity contribution in [3.05, 3.63) is 22.7 Å². The molecule has 3 heteroatoms. The van der Waals surface area contributed by atoms with E-state index in [1.165, 1.54) is 0 Å². The van der Waals surface area contributed by atoms with E-state index >= 15 is 0 Å². The van der Waals surface area contributed by atoms with E-state index in [2.05, 4.69) is 5.92 Å². The highest BCUT2D eigenvalue weighted by atomic mass is 35.5. The highest BCUT2D eigenvalue weighted by Gasteiger charge is 2.43. The number of fused-ring (bicyclic) bond motifs is 1. The molecule has 2 aliphatic rings. The number of hydrogen-bond acceptors (Lipinski definition) is 2. The summed E-state index contributed by atoms with van der Waals surface area (Å²) >= 11 is 6.24. The highest BCUT2D eigenvalue weighted by molar-refractivity contribution is 6.32. The van der Waals surface area contributed by atoms with Gasteiger partial charge in [0.05, 0.1) is 23.7 Å². The molecule has 0 unspecified atom stereocenters. The number of rotatable bonds is 1. The lowest BCUT2D eigenvalue weighted by molar-refractivity contribution is 0.297. The van der Waals surface area contributed by atoms with Crippen molar-refractivity contribution < 1.29 is 9.47 Å². The minimum absolute atomic E-state index is 0.117. The van der Waals surface area contributed by atoms with Crippen LogP contribution in [0.3, 0.4) is 0 Å². The van der Waals surface area contributed by atoms with Gasteiger partial charge in [-0.15, -0.1) is 6.42 Å². The molecule has 0 bridgehead atoms. The third kappa shape index (κ3) is 1.75. The first-order valence-electron chi connectivity index (χ1n) is 5.83. The largest absolute Gasteiger partial charge is 0.489 e. The van der Waals surface area contributed by atoms with Gasteiger partial charge >= 0.3 is 0 Å². The van der Waals surface area contributed by atoms with Gasteiger partial charge in [0, 0.05) is 6.42 Å². The Bertz CT molecular complexity index is 498. The van der Waals surface area contributed by atoms with Gasteiger partial charge < -0.3 is 9.47 Å². The lowest BCUT2D eigenvalue weighted by Crippen LogP contribution is -2.04. The average molecular weight is 249 g/mol. The van der Waals surface area contributed by atoms with Gasteiger partial charge in [-0.2, -0.15) is 0 Å². The van der Waals surface area contributed by atoms with Crippen LogP contribution in [-0.2, 0) is 5.41 Å². The zero-order chi connectivity index (χ0) is 11.9. The van der Waals surface area contributed by atoms with E-state index < -0.39 is 0 Å². The predicted octanol–water partition coefficient (Wildman–Crippen LogP) is 3.17. The van der Waals surface area contributed by atoms with Crippen LogP contribution in [0.5, 0.6) is 11.5 Å². The molecule has 1 fully saturated rings. The van der Waals surface area contributed by atoms with Gasteiger partial charge in [0.1, 0.15) is 0 Å². The Morgan fingerprint density at radius 3 is 2.71 bits per heavy atom. The van der Waals surface area contributed by atoms with Crippen molar-refractivity contribution in [1.82, 2.24) is 0 Å². The Labute approximate surface area is 106 Å². The third-order valence-corrected chi connectivity index (χ3v) is 3.66. The second-order valence-corrected chi connectivity index (χ2v) is 4.97. The van der Waals surface area contributed by atoms with Gasteiger partial charge in [-0.1, -0.05) is 17.5 Å². The van der Waals surface area contributed by atoms with Crippen molar-refractivity contribution in [2.75, 3.05) is 13.2 Å². The number of hydrogen-bond donors (Lipinski definition) is 0. The SMILES string of the molecule is C#CC1(c2cc(Cl)c3c(c2)OCCCO3)CC1. The molecule has 1 aliphatic heterocycles. The monoisotopic (exact) mass is 248 g/mol. The van der Waals surface area contributed by atoms with Gasteiger partial charge in [-0.25, -0.2) is 0 Å². The van der Waals surface area contributed by atoms with E-state index in [0.29, 0.717) is 24.0 Å². The fourth-order valence-corrected chi connectivity index (χ4v) is 2.41. The van der Waals surface area contributed by atoms with Crippen molar-refractivity contribution in [1.29, 1.82) is 0 Å². The fourth-order valence-electron chi connectivity index (χ4n) is 2.15. The molecular weight excluding hydrogens is 236 g/mol.